The Morgan fingerprint density at radius 2 is 1.97 bits per heavy atom. The Balaban J connectivity index is 1.52. The molecule has 7 heteroatoms. The predicted molar refractivity (Wildman–Crippen MR) is 141 cm³/mol. The molecule has 1 unspecified atom stereocenters. The van der Waals surface area contributed by atoms with Crippen LogP contribution in [-0.2, 0) is 24.1 Å². The fourth-order valence-electron chi connectivity index (χ4n) is 4.91. The molecule has 0 bridgehead atoms. The number of fused-ring (bicyclic) bond motifs is 2. The van der Waals surface area contributed by atoms with Gasteiger partial charge in [0.25, 0.3) is 5.91 Å². The van der Waals surface area contributed by atoms with Crippen LogP contribution in [0.15, 0.2) is 36.5 Å². The van der Waals surface area contributed by atoms with E-state index in [1.165, 1.54) is 22.5 Å². The molecule has 5 rings (SSSR count). The fourth-order valence-corrected chi connectivity index (χ4v) is 6.34. The molecule has 180 valence electrons. The first-order valence-corrected chi connectivity index (χ1v) is 12.8. The lowest BCUT2D eigenvalue weighted by Gasteiger charge is -2.18. The lowest BCUT2D eigenvalue weighted by molar-refractivity contribution is -0.115. The molecule has 6 nitrogen and oxygen atoms in total. The first kappa shape index (κ1) is 23.3. The number of primary amides is 1. The maximum atomic E-state index is 13.3. The highest BCUT2D eigenvalue weighted by atomic mass is 32.1. The number of carbonyl (C=O) groups excluding carboxylic acids is 2. The molecule has 1 aliphatic carbocycles. The number of imidazole rings is 1. The minimum absolute atomic E-state index is 0.129. The van der Waals surface area contributed by atoms with Gasteiger partial charge in [-0.3, -0.25) is 9.59 Å². The number of carbonyl (C=O) groups is 2. The first-order chi connectivity index (χ1) is 16.7. The van der Waals surface area contributed by atoms with E-state index in [0.717, 1.165) is 57.9 Å². The van der Waals surface area contributed by atoms with Gasteiger partial charge < -0.3 is 15.5 Å². The number of amides is 2. The summed E-state index contributed by atoms with van der Waals surface area (Å²) in [4.78, 5) is 31.7. The highest BCUT2D eigenvalue weighted by Gasteiger charge is 2.28. The molecule has 0 fully saturated rings. The number of pyridine rings is 1. The van der Waals surface area contributed by atoms with Crippen LogP contribution in [0, 0.1) is 26.7 Å². The van der Waals surface area contributed by atoms with Crippen LogP contribution >= 0.6 is 11.3 Å². The molecule has 4 aromatic rings. The third-order valence-electron chi connectivity index (χ3n) is 7.00. The van der Waals surface area contributed by atoms with Crippen molar-refractivity contribution < 1.29 is 9.59 Å². The topological polar surface area (TPSA) is 89.5 Å². The van der Waals surface area contributed by atoms with Crippen molar-refractivity contribution in [1.82, 2.24) is 9.38 Å². The van der Waals surface area contributed by atoms with Crippen LogP contribution in [0.5, 0.6) is 0 Å². The summed E-state index contributed by atoms with van der Waals surface area (Å²) < 4.78 is 1.98. The number of hydrogen-bond donors (Lipinski definition) is 2. The van der Waals surface area contributed by atoms with Gasteiger partial charge in [-0.15, -0.1) is 11.3 Å². The Hall–Kier alpha value is -3.45. The third-order valence-corrected chi connectivity index (χ3v) is 8.17. The number of thiophene rings is 1. The molecule has 0 radical (unpaired) electrons. The summed E-state index contributed by atoms with van der Waals surface area (Å²) in [6, 6.07) is 10.3. The molecule has 3 aromatic heterocycles. The van der Waals surface area contributed by atoms with Gasteiger partial charge in [0.1, 0.15) is 10.6 Å². The molecule has 1 aliphatic rings. The molecule has 3 heterocycles. The standard InChI is InChI=1S/C28H30N4O2S/c1-15-5-8-20-22(11-15)35-28(25(20)27(29)34)31-24(33)14-21-26(19-7-6-17(3)18(4)13-19)30-23-12-16(2)9-10-32(21)23/h6-7,9-10,12-13,15H,5,8,11,14H2,1-4H3,(H2,29,34)(H,31,33). The molecule has 1 atom stereocenters. The highest BCUT2D eigenvalue weighted by molar-refractivity contribution is 7.17. The molecule has 3 N–H and O–H groups in total. The zero-order chi connectivity index (χ0) is 24.9. The Bertz CT molecular complexity index is 1480. The van der Waals surface area contributed by atoms with E-state index in [2.05, 4.69) is 44.3 Å². The smallest absolute Gasteiger partial charge is 0.251 e. The molecule has 1 aromatic carbocycles. The molecule has 2 amide bonds. The number of anilines is 1. The van der Waals surface area contributed by atoms with E-state index in [1.807, 2.05) is 29.7 Å². The lowest BCUT2D eigenvalue weighted by atomic mass is 9.88. The molecule has 35 heavy (non-hydrogen) atoms. The number of benzene rings is 1. The van der Waals surface area contributed by atoms with Crippen LogP contribution in [0.4, 0.5) is 5.00 Å². The number of aryl methyl sites for hydroxylation is 3. The SMILES string of the molecule is Cc1ccn2c(CC(=O)Nc3sc4c(c3C(N)=O)CCC(C)C4)c(-c3ccc(C)c(C)c3)nc2c1. The van der Waals surface area contributed by atoms with E-state index >= 15 is 0 Å². The van der Waals surface area contributed by atoms with Crippen LogP contribution in [0.3, 0.4) is 0 Å². The summed E-state index contributed by atoms with van der Waals surface area (Å²) in [7, 11) is 0. The number of nitrogens with two attached hydrogens (primary N) is 1. The Morgan fingerprint density at radius 1 is 1.17 bits per heavy atom. The van der Waals surface area contributed by atoms with Gasteiger partial charge in [-0.2, -0.15) is 0 Å². The molecule has 0 saturated heterocycles. The first-order valence-electron chi connectivity index (χ1n) is 12.0. The second-order valence-electron chi connectivity index (χ2n) is 9.78. The van der Waals surface area contributed by atoms with Crippen molar-refractivity contribution in [1.29, 1.82) is 0 Å². The predicted octanol–water partition coefficient (Wildman–Crippen LogP) is 5.39. The maximum Gasteiger partial charge on any atom is 0.251 e. The van der Waals surface area contributed by atoms with Crippen molar-refractivity contribution in [3.63, 3.8) is 0 Å². The van der Waals surface area contributed by atoms with Gasteiger partial charge in [0.05, 0.1) is 23.4 Å². The van der Waals surface area contributed by atoms with Gasteiger partial charge in [-0.25, -0.2) is 4.98 Å². The van der Waals surface area contributed by atoms with Crippen molar-refractivity contribution in [2.45, 2.75) is 53.4 Å². The van der Waals surface area contributed by atoms with Gasteiger partial charge in [0.2, 0.25) is 5.91 Å². The number of hydrogen-bond acceptors (Lipinski definition) is 4. The number of nitrogens with zero attached hydrogens (tertiary/aromatic N) is 2. The Kier molecular flexibility index (Phi) is 5.97. The van der Waals surface area contributed by atoms with E-state index in [9.17, 15) is 9.59 Å². The molecule has 0 aliphatic heterocycles. The number of rotatable bonds is 5. The summed E-state index contributed by atoms with van der Waals surface area (Å²) in [6.07, 6.45) is 4.86. The number of nitrogens with one attached hydrogen (secondary N) is 1. The fraction of sp³-hybridized carbons (Fsp3) is 0.321. The second-order valence-corrected chi connectivity index (χ2v) is 10.9. The average molecular weight is 487 g/mol. The van der Waals surface area contributed by atoms with Gasteiger partial charge in [0, 0.05) is 16.6 Å². The summed E-state index contributed by atoms with van der Waals surface area (Å²) in [5.74, 6) is -0.104. The molecular formula is C28H30N4O2S. The van der Waals surface area contributed by atoms with E-state index < -0.39 is 5.91 Å². The molecule has 0 spiro atoms. The highest BCUT2D eigenvalue weighted by Crippen LogP contribution is 2.39. The van der Waals surface area contributed by atoms with Crippen molar-refractivity contribution in [3.05, 3.63) is 74.9 Å². The maximum absolute atomic E-state index is 13.3. The second kappa shape index (κ2) is 8.96. The average Bonchev–Trinajstić information content (AvgIpc) is 3.32. The van der Waals surface area contributed by atoms with E-state index in [4.69, 9.17) is 10.7 Å². The zero-order valence-electron chi connectivity index (χ0n) is 20.6. The van der Waals surface area contributed by atoms with Crippen LogP contribution in [0.2, 0.25) is 0 Å². The normalized spacial score (nSPS) is 15.3. The molecule has 0 saturated carbocycles. The van der Waals surface area contributed by atoms with Crippen LogP contribution in [-0.4, -0.2) is 21.2 Å². The quantitative estimate of drug-likeness (QED) is 0.396. The Morgan fingerprint density at radius 3 is 2.71 bits per heavy atom. The van der Waals surface area contributed by atoms with Gasteiger partial charge in [-0.1, -0.05) is 19.1 Å². The van der Waals surface area contributed by atoms with Crippen molar-refractivity contribution in [2.75, 3.05) is 5.32 Å². The van der Waals surface area contributed by atoms with Gasteiger partial charge in [0.15, 0.2) is 0 Å². The van der Waals surface area contributed by atoms with E-state index in [0.29, 0.717) is 16.5 Å². The van der Waals surface area contributed by atoms with E-state index in [-0.39, 0.29) is 12.3 Å². The summed E-state index contributed by atoms with van der Waals surface area (Å²) in [6.45, 7) is 8.40. The van der Waals surface area contributed by atoms with E-state index in [1.54, 1.807) is 0 Å². The van der Waals surface area contributed by atoms with Crippen LogP contribution in [0.25, 0.3) is 16.9 Å². The minimum atomic E-state index is -0.478. The third kappa shape index (κ3) is 4.36. The van der Waals surface area contributed by atoms with Crippen molar-refractivity contribution >= 4 is 33.8 Å². The monoisotopic (exact) mass is 486 g/mol. The lowest BCUT2D eigenvalue weighted by Crippen LogP contribution is -2.20. The van der Waals surface area contributed by atoms with Crippen molar-refractivity contribution in [2.24, 2.45) is 11.7 Å². The largest absolute Gasteiger partial charge is 0.365 e. The summed E-state index contributed by atoms with van der Waals surface area (Å²) >= 11 is 1.49. The summed E-state index contributed by atoms with van der Waals surface area (Å²) in [5, 5.41) is 3.58. The van der Waals surface area contributed by atoms with Crippen LogP contribution in [0.1, 0.15) is 56.5 Å². The number of aromatic nitrogens is 2. The zero-order valence-corrected chi connectivity index (χ0v) is 21.4. The molecular weight excluding hydrogens is 456 g/mol. The van der Waals surface area contributed by atoms with Crippen LogP contribution < -0.4 is 11.1 Å². The van der Waals surface area contributed by atoms with Gasteiger partial charge >= 0.3 is 0 Å². The minimum Gasteiger partial charge on any atom is -0.365 e. The van der Waals surface area contributed by atoms with Crippen molar-refractivity contribution in [3.8, 4) is 11.3 Å². The Labute approximate surface area is 209 Å². The van der Waals surface area contributed by atoms with Gasteiger partial charge in [-0.05, 0) is 86.4 Å². The summed E-state index contributed by atoms with van der Waals surface area (Å²) in [5.41, 5.74) is 14.1.